The van der Waals surface area contributed by atoms with Gasteiger partial charge in [0.1, 0.15) is 0 Å². The lowest BCUT2D eigenvalue weighted by Gasteiger charge is -2.27. The minimum atomic E-state index is -3.80. The lowest BCUT2D eigenvalue weighted by Crippen LogP contribution is -2.41. The Hall–Kier alpha value is -3.66. The zero-order valence-corrected chi connectivity index (χ0v) is 21.6. The molecule has 1 aliphatic rings. The van der Waals surface area contributed by atoms with Crippen LogP contribution >= 0.6 is 11.6 Å². The average Bonchev–Trinajstić information content (AvgIpc) is 3.37. The van der Waals surface area contributed by atoms with E-state index in [0.717, 1.165) is 11.1 Å². The number of halogens is 1. The molecule has 1 atom stereocenters. The highest BCUT2D eigenvalue weighted by atomic mass is 35.5. The Labute approximate surface area is 221 Å². The van der Waals surface area contributed by atoms with Crippen molar-refractivity contribution in [3.63, 3.8) is 0 Å². The van der Waals surface area contributed by atoms with Gasteiger partial charge in [-0.05, 0) is 60.0 Å². The van der Waals surface area contributed by atoms with Crippen LogP contribution in [0.1, 0.15) is 27.9 Å². The smallest absolute Gasteiger partial charge is 0.253 e. The van der Waals surface area contributed by atoms with Crippen LogP contribution in [0.2, 0.25) is 5.02 Å². The van der Waals surface area contributed by atoms with Crippen LogP contribution in [-0.4, -0.2) is 48.6 Å². The number of nitrogens with zero attached hydrogens (tertiary/aromatic N) is 3. The number of sulfonamides is 1. The van der Waals surface area contributed by atoms with E-state index in [1.165, 1.54) is 9.71 Å². The van der Waals surface area contributed by atoms with Gasteiger partial charge in [0.25, 0.3) is 5.91 Å². The molecule has 0 radical (unpaired) electrons. The predicted octanol–water partition coefficient (Wildman–Crippen LogP) is 3.96. The molecule has 0 aromatic heterocycles. The summed E-state index contributed by atoms with van der Waals surface area (Å²) in [5, 5.41) is 1.79. The molecule has 1 aliphatic heterocycles. The molecule has 1 unspecified atom stereocenters. The van der Waals surface area contributed by atoms with Crippen molar-refractivity contribution in [1.29, 1.82) is 0 Å². The van der Waals surface area contributed by atoms with Crippen LogP contribution in [0.15, 0.2) is 89.3 Å². The summed E-state index contributed by atoms with van der Waals surface area (Å²) in [5.74, 6) is -0.237. The van der Waals surface area contributed by atoms with Crippen LogP contribution in [0.3, 0.4) is 0 Å². The molecule has 4 N–H and O–H groups in total. The number of likely N-dealkylation sites (tertiary alicyclic amines) is 1. The zero-order chi connectivity index (χ0) is 26.4. The van der Waals surface area contributed by atoms with Crippen LogP contribution in [0.4, 0.5) is 5.69 Å². The van der Waals surface area contributed by atoms with Gasteiger partial charge in [0.2, 0.25) is 10.0 Å². The Balaban J connectivity index is 1.54. The number of carbonyl (C=O) groups excluding carboxylic acids is 1. The monoisotopic (exact) mass is 537 g/mol. The number of carbonyl (C=O) groups is 1. The van der Waals surface area contributed by atoms with Crippen molar-refractivity contribution in [1.82, 2.24) is 9.21 Å². The van der Waals surface area contributed by atoms with E-state index in [1.54, 1.807) is 59.5 Å². The van der Waals surface area contributed by atoms with E-state index < -0.39 is 10.0 Å². The van der Waals surface area contributed by atoms with Crippen molar-refractivity contribution < 1.29 is 13.2 Å². The molecule has 3 aromatic carbocycles. The van der Waals surface area contributed by atoms with Crippen molar-refractivity contribution in [2.24, 2.45) is 16.5 Å². The second-order valence-electron chi connectivity index (χ2n) is 8.71. The van der Waals surface area contributed by atoms with Gasteiger partial charge in [0, 0.05) is 41.7 Å². The normalized spacial score (nSPS) is 15.8. The minimum Gasteiger partial charge on any atom is -0.370 e. The molecule has 1 amide bonds. The van der Waals surface area contributed by atoms with Crippen LogP contribution in [0.5, 0.6) is 0 Å². The molecule has 192 valence electrons. The van der Waals surface area contributed by atoms with E-state index >= 15 is 0 Å². The zero-order valence-electron chi connectivity index (χ0n) is 20.1. The van der Waals surface area contributed by atoms with Gasteiger partial charge in [0.05, 0.1) is 5.69 Å². The highest BCUT2D eigenvalue weighted by Crippen LogP contribution is 2.25. The molecule has 0 spiro atoms. The lowest BCUT2D eigenvalue weighted by molar-refractivity contribution is 0.0784. The first-order chi connectivity index (χ1) is 17.7. The lowest BCUT2D eigenvalue weighted by atomic mass is 10.2. The fourth-order valence-electron chi connectivity index (χ4n) is 4.18. The van der Waals surface area contributed by atoms with Crippen LogP contribution in [0, 0.1) is 0 Å². The number of benzene rings is 3. The Morgan fingerprint density at radius 3 is 2.35 bits per heavy atom. The summed E-state index contributed by atoms with van der Waals surface area (Å²) in [4.78, 5) is 18.8. The fourth-order valence-corrected chi connectivity index (χ4v) is 5.71. The number of guanidine groups is 1. The summed E-state index contributed by atoms with van der Waals surface area (Å²) in [6.07, 6.45) is 2.08. The molecule has 1 saturated heterocycles. The number of aliphatic imine (C=N–C) groups is 1. The summed E-state index contributed by atoms with van der Waals surface area (Å²) in [6.45, 7) is 0.935. The van der Waals surface area contributed by atoms with Crippen LogP contribution in [-0.2, 0) is 16.6 Å². The van der Waals surface area contributed by atoms with Gasteiger partial charge in [-0.2, -0.15) is 4.31 Å². The summed E-state index contributed by atoms with van der Waals surface area (Å²) in [5.41, 5.74) is 13.4. The van der Waals surface area contributed by atoms with E-state index in [2.05, 4.69) is 4.99 Å². The van der Waals surface area contributed by atoms with Gasteiger partial charge in [0.15, 0.2) is 5.96 Å². The van der Waals surface area contributed by atoms with Crippen molar-refractivity contribution in [3.05, 3.63) is 106 Å². The molecule has 0 aliphatic carbocycles. The first-order valence-electron chi connectivity index (χ1n) is 11.7. The van der Waals surface area contributed by atoms with Gasteiger partial charge >= 0.3 is 0 Å². The topological polar surface area (TPSA) is 122 Å². The number of rotatable bonds is 8. The molecule has 37 heavy (non-hydrogen) atoms. The largest absolute Gasteiger partial charge is 0.370 e. The fraction of sp³-hybridized carbons (Fsp3) is 0.185. The number of hydrogen-bond donors (Lipinski definition) is 2. The molecule has 4 rings (SSSR count). The Morgan fingerprint density at radius 2 is 1.70 bits per heavy atom. The van der Waals surface area contributed by atoms with E-state index in [9.17, 15) is 13.2 Å². The summed E-state index contributed by atoms with van der Waals surface area (Å²) in [6, 6.07) is 22.6. The second kappa shape index (κ2) is 11.6. The summed E-state index contributed by atoms with van der Waals surface area (Å²) < 4.78 is 28.5. The molecule has 0 bridgehead atoms. The maximum Gasteiger partial charge on any atom is 0.253 e. The van der Waals surface area contributed by atoms with E-state index in [4.69, 9.17) is 23.1 Å². The standard InChI is InChI=1S/C27H28ClN5O3S/c28-23-10-6-20(7-11-23)15-17-37(35,36)33(18-21-4-2-1-3-5-21)25-14-16-32(19-25)26(34)22-8-12-24(13-9-22)31-27(29)30/h1-13,15,17,25H,14,16,18-19H2,(H4,29,30,31)/b17-15+. The van der Waals surface area contributed by atoms with Gasteiger partial charge < -0.3 is 16.4 Å². The predicted molar refractivity (Wildman–Crippen MR) is 148 cm³/mol. The molecular formula is C27H28ClN5O3S. The molecular weight excluding hydrogens is 510 g/mol. The maximum atomic E-state index is 13.5. The molecule has 1 fully saturated rings. The molecule has 0 saturated carbocycles. The Bertz CT molecular complexity index is 1390. The number of nitrogens with two attached hydrogens (primary N) is 2. The van der Waals surface area contributed by atoms with Crippen LogP contribution < -0.4 is 11.5 Å². The van der Waals surface area contributed by atoms with Crippen LogP contribution in [0.25, 0.3) is 6.08 Å². The molecule has 1 heterocycles. The van der Waals surface area contributed by atoms with Gasteiger partial charge in [-0.25, -0.2) is 13.4 Å². The second-order valence-corrected chi connectivity index (χ2v) is 10.9. The van der Waals surface area contributed by atoms with Gasteiger partial charge in [-0.1, -0.05) is 54.1 Å². The van der Waals surface area contributed by atoms with Crippen molar-refractivity contribution >= 4 is 45.3 Å². The highest BCUT2D eigenvalue weighted by molar-refractivity contribution is 7.92. The molecule has 8 nitrogen and oxygen atoms in total. The Kier molecular flexibility index (Phi) is 8.27. The molecule has 3 aromatic rings. The quantitative estimate of drug-likeness (QED) is 0.332. The maximum absolute atomic E-state index is 13.5. The van der Waals surface area contributed by atoms with Crippen molar-refractivity contribution in [3.8, 4) is 0 Å². The summed E-state index contributed by atoms with van der Waals surface area (Å²) in [7, 11) is -3.80. The van der Waals surface area contributed by atoms with Crippen molar-refractivity contribution in [2.75, 3.05) is 13.1 Å². The third-order valence-corrected chi connectivity index (χ3v) is 7.85. The first kappa shape index (κ1) is 26.4. The minimum absolute atomic E-state index is 0.0636. The Morgan fingerprint density at radius 1 is 1.03 bits per heavy atom. The van der Waals surface area contributed by atoms with Gasteiger partial charge in [-0.15, -0.1) is 0 Å². The third kappa shape index (κ3) is 6.97. The SMILES string of the molecule is NC(N)=Nc1ccc(C(=O)N2CCC(N(Cc3ccccc3)S(=O)(=O)/C=C/c3ccc(Cl)cc3)C2)cc1. The molecule has 10 heteroatoms. The van der Waals surface area contributed by atoms with Crippen molar-refractivity contribution in [2.45, 2.75) is 19.0 Å². The van der Waals surface area contributed by atoms with E-state index in [-0.39, 0.29) is 31.0 Å². The van der Waals surface area contributed by atoms with E-state index in [1.807, 2.05) is 30.3 Å². The van der Waals surface area contributed by atoms with E-state index in [0.29, 0.717) is 29.2 Å². The average molecular weight is 538 g/mol. The third-order valence-electron chi connectivity index (χ3n) is 6.04. The highest BCUT2D eigenvalue weighted by Gasteiger charge is 2.36. The number of amides is 1. The first-order valence-corrected chi connectivity index (χ1v) is 13.6. The van der Waals surface area contributed by atoms with Gasteiger partial charge in [-0.3, -0.25) is 4.79 Å². The summed E-state index contributed by atoms with van der Waals surface area (Å²) >= 11 is 5.94. The number of hydrogen-bond acceptors (Lipinski definition) is 4.